The van der Waals surface area contributed by atoms with Crippen LogP contribution >= 0.6 is 8.58 Å². The van der Waals surface area contributed by atoms with Gasteiger partial charge in [0.1, 0.15) is 0 Å². The Bertz CT molecular complexity index is 489. The number of pyridine rings is 1. The largest absolute Gasteiger partial charge is 0.321 e. The van der Waals surface area contributed by atoms with Gasteiger partial charge >= 0.3 is 0 Å². The average Bonchev–Trinajstić information content (AvgIpc) is 2.17. The van der Waals surface area contributed by atoms with Crippen molar-refractivity contribution in [2.24, 2.45) is 0 Å². The second kappa shape index (κ2) is 3.31. The van der Waals surface area contributed by atoms with E-state index in [1.807, 2.05) is 37.0 Å². The van der Waals surface area contributed by atoms with Gasteiger partial charge in [-0.2, -0.15) is 0 Å². The Balaban J connectivity index is 2.81. The first-order valence-corrected chi connectivity index (χ1v) is 5.61. The molecular formula is C10H10NOP. The number of hydrogen-bond acceptors (Lipinski definition) is 1. The van der Waals surface area contributed by atoms with Crippen LogP contribution in [0.2, 0.25) is 0 Å². The van der Waals surface area contributed by atoms with Gasteiger partial charge in [-0.3, -0.25) is 4.79 Å². The van der Waals surface area contributed by atoms with Crippen LogP contribution in [0.5, 0.6) is 0 Å². The number of aromatic nitrogens is 1. The van der Waals surface area contributed by atoms with E-state index in [4.69, 9.17) is 0 Å². The third kappa shape index (κ3) is 1.50. The third-order valence-corrected chi connectivity index (χ3v) is 2.93. The highest BCUT2D eigenvalue weighted by atomic mass is 31.1. The smallest absolute Gasteiger partial charge is 0.255 e. The molecule has 3 heteroatoms. The fraction of sp³-hybridized carbons (Fsp3) is 0.100. The van der Waals surface area contributed by atoms with Crippen molar-refractivity contribution in [3.8, 4) is 0 Å². The van der Waals surface area contributed by atoms with E-state index in [0.29, 0.717) is 8.58 Å². The van der Waals surface area contributed by atoms with Gasteiger partial charge in [0.05, 0.1) is 0 Å². The number of aromatic amines is 1. The van der Waals surface area contributed by atoms with Crippen molar-refractivity contribution >= 4 is 24.8 Å². The standard InChI is InChI=1S/C10H10NOP/c1-13-9-6-7-4-2-3-5-8(7)11-10(9)12/h2-6,13H,1H3,(H,11,12). The van der Waals surface area contributed by atoms with Crippen LogP contribution in [0.4, 0.5) is 0 Å². The van der Waals surface area contributed by atoms with Crippen molar-refractivity contribution in [2.45, 2.75) is 0 Å². The van der Waals surface area contributed by atoms with Crippen molar-refractivity contribution in [3.63, 3.8) is 0 Å². The molecule has 0 saturated carbocycles. The molecule has 2 rings (SSSR count). The molecule has 0 aliphatic carbocycles. The molecule has 0 saturated heterocycles. The van der Waals surface area contributed by atoms with Gasteiger partial charge < -0.3 is 4.98 Å². The minimum Gasteiger partial charge on any atom is -0.321 e. The van der Waals surface area contributed by atoms with Crippen molar-refractivity contribution in [1.82, 2.24) is 4.98 Å². The Morgan fingerprint density at radius 3 is 2.85 bits per heavy atom. The van der Waals surface area contributed by atoms with Gasteiger partial charge in [-0.25, -0.2) is 0 Å². The zero-order valence-corrected chi connectivity index (χ0v) is 8.29. The average molecular weight is 191 g/mol. The minimum atomic E-state index is 0.0412. The van der Waals surface area contributed by atoms with Gasteiger partial charge in [-0.15, -0.1) is 0 Å². The summed E-state index contributed by atoms with van der Waals surface area (Å²) >= 11 is 0. The van der Waals surface area contributed by atoms with E-state index >= 15 is 0 Å². The van der Waals surface area contributed by atoms with Crippen molar-refractivity contribution in [3.05, 3.63) is 40.7 Å². The van der Waals surface area contributed by atoms with Gasteiger partial charge in [0.25, 0.3) is 5.56 Å². The molecular weight excluding hydrogens is 181 g/mol. The Morgan fingerprint density at radius 1 is 1.31 bits per heavy atom. The van der Waals surface area contributed by atoms with Crippen molar-refractivity contribution in [2.75, 3.05) is 6.66 Å². The number of fused-ring (bicyclic) bond motifs is 1. The molecule has 1 heterocycles. The van der Waals surface area contributed by atoms with Gasteiger partial charge in [-0.1, -0.05) is 26.8 Å². The molecule has 1 aromatic carbocycles. The third-order valence-electron chi connectivity index (χ3n) is 2.02. The summed E-state index contributed by atoms with van der Waals surface area (Å²) < 4.78 is 0. The highest BCUT2D eigenvalue weighted by molar-refractivity contribution is 7.46. The van der Waals surface area contributed by atoms with Crippen molar-refractivity contribution in [1.29, 1.82) is 0 Å². The Kier molecular flexibility index (Phi) is 2.15. The molecule has 0 aliphatic rings. The Hall–Kier alpha value is -1.14. The maximum Gasteiger partial charge on any atom is 0.255 e. The highest BCUT2D eigenvalue weighted by Gasteiger charge is 1.98. The molecule has 13 heavy (non-hydrogen) atoms. The minimum absolute atomic E-state index is 0.0412. The summed E-state index contributed by atoms with van der Waals surface area (Å²) in [6.45, 7) is 2.01. The van der Waals surface area contributed by atoms with E-state index in [1.165, 1.54) is 0 Å². The lowest BCUT2D eigenvalue weighted by Crippen LogP contribution is -2.21. The second-order valence-electron chi connectivity index (χ2n) is 2.85. The Morgan fingerprint density at radius 2 is 2.08 bits per heavy atom. The van der Waals surface area contributed by atoms with Gasteiger partial charge in [0.15, 0.2) is 0 Å². The van der Waals surface area contributed by atoms with E-state index < -0.39 is 0 Å². The first kappa shape index (κ1) is 8.46. The second-order valence-corrected chi connectivity index (χ2v) is 3.89. The van der Waals surface area contributed by atoms with E-state index in [1.54, 1.807) is 0 Å². The first-order valence-electron chi connectivity index (χ1n) is 4.11. The fourth-order valence-electron chi connectivity index (χ4n) is 1.33. The predicted molar refractivity (Wildman–Crippen MR) is 58.4 cm³/mol. The molecule has 1 atom stereocenters. The van der Waals surface area contributed by atoms with Gasteiger partial charge in [0.2, 0.25) is 0 Å². The van der Waals surface area contributed by atoms with Crippen LogP contribution in [0.15, 0.2) is 35.1 Å². The molecule has 1 N–H and O–H groups in total. The zero-order valence-electron chi connectivity index (χ0n) is 7.29. The topological polar surface area (TPSA) is 32.9 Å². The number of H-pyrrole nitrogens is 1. The summed E-state index contributed by atoms with van der Waals surface area (Å²) in [7, 11) is 0.548. The first-order chi connectivity index (χ1) is 6.31. The fourth-order valence-corrected chi connectivity index (χ4v) is 1.92. The zero-order chi connectivity index (χ0) is 9.26. The summed E-state index contributed by atoms with van der Waals surface area (Å²) in [4.78, 5) is 14.3. The summed E-state index contributed by atoms with van der Waals surface area (Å²) in [6.07, 6.45) is 0. The number of para-hydroxylation sites is 1. The van der Waals surface area contributed by atoms with E-state index in [0.717, 1.165) is 16.2 Å². The van der Waals surface area contributed by atoms with Crippen LogP contribution in [-0.2, 0) is 0 Å². The van der Waals surface area contributed by atoms with Crippen LogP contribution < -0.4 is 10.9 Å². The molecule has 0 amide bonds. The number of hydrogen-bond donors (Lipinski definition) is 1. The van der Waals surface area contributed by atoms with Crippen LogP contribution in [0.25, 0.3) is 10.9 Å². The quantitative estimate of drug-likeness (QED) is 0.680. The summed E-state index contributed by atoms with van der Waals surface area (Å²) in [6, 6.07) is 9.79. The lowest BCUT2D eigenvalue weighted by atomic mass is 10.2. The van der Waals surface area contributed by atoms with E-state index in [9.17, 15) is 4.79 Å². The molecule has 0 spiro atoms. The number of rotatable bonds is 1. The highest BCUT2D eigenvalue weighted by Crippen LogP contribution is 2.09. The van der Waals surface area contributed by atoms with Crippen LogP contribution in [0.1, 0.15) is 0 Å². The molecule has 0 aliphatic heterocycles. The van der Waals surface area contributed by atoms with Crippen molar-refractivity contribution < 1.29 is 0 Å². The normalized spacial score (nSPS) is 11.5. The molecule has 1 unspecified atom stereocenters. The molecule has 66 valence electrons. The maximum atomic E-state index is 11.4. The van der Waals surface area contributed by atoms with Gasteiger partial charge in [-0.05, 0) is 24.2 Å². The monoisotopic (exact) mass is 191 g/mol. The molecule has 0 radical (unpaired) electrons. The number of benzene rings is 1. The SMILES string of the molecule is CPc1cc2ccccc2[nH]c1=O. The van der Waals surface area contributed by atoms with E-state index in [2.05, 4.69) is 4.98 Å². The molecule has 2 nitrogen and oxygen atoms in total. The number of nitrogens with one attached hydrogen (secondary N) is 1. The molecule has 1 aromatic heterocycles. The maximum absolute atomic E-state index is 11.4. The molecule has 0 bridgehead atoms. The van der Waals surface area contributed by atoms with E-state index in [-0.39, 0.29) is 5.56 Å². The van der Waals surface area contributed by atoms with Crippen LogP contribution in [0.3, 0.4) is 0 Å². The van der Waals surface area contributed by atoms with Crippen LogP contribution in [-0.4, -0.2) is 11.6 Å². The summed E-state index contributed by atoms with van der Waals surface area (Å²) in [5.41, 5.74) is 0.953. The lowest BCUT2D eigenvalue weighted by molar-refractivity contribution is 1.33. The molecule has 2 aromatic rings. The summed E-state index contributed by atoms with van der Waals surface area (Å²) in [5, 5.41) is 1.98. The Labute approximate surface area is 77.8 Å². The van der Waals surface area contributed by atoms with Crippen LogP contribution in [0, 0.1) is 0 Å². The summed E-state index contributed by atoms with van der Waals surface area (Å²) in [5.74, 6) is 0. The predicted octanol–water partition coefficient (Wildman–Crippen LogP) is 1.46. The lowest BCUT2D eigenvalue weighted by Gasteiger charge is -1.99. The van der Waals surface area contributed by atoms with Gasteiger partial charge in [0, 0.05) is 10.8 Å². The molecule has 0 fully saturated rings.